The summed E-state index contributed by atoms with van der Waals surface area (Å²) in [5.41, 5.74) is 4.81. The van der Waals surface area contributed by atoms with Crippen LogP contribution in [0.4, 0.5) is 0 Å². The van der Waals surface area contributed by atoms with Crippen LogP contribution in [-0.2, 0) is 0 Å². The summed E-state index contributed by atoms with van der Waals surface area (Å²) < 4.78 is 123. The van der Waals surface area contributed by atoms with Crippen LogP contribution in [0.1, 0.15) is 17.8 Å². The molecule has 0 aliphatic heterocycles. The summed E-state index contributed by atoms with van der Waals surface area (Å²) >= 11 is 0. The molecule has 53 heavy (non-hydrogen) atoms. The van der Waals surface area contributed by atoms with Gasteiger partial charge in [0.05, 0.1) is 17.8 Å². The second-order valence-corrected chi connectivity index (χ2v) is 13.0. The fourth-order valence-corrected chi connectivity index (χ4v) is 7.88. The molecular formula is C52H32O. The molecule has 1 nitrogen and oxygen atoms in total. The molecule has 0 unspecified atom stereocenters. The van der Waals surface area contributed by atoms with Gasteiger partial charge in [-0.2, -0.15) is 0 Å². The molecule has 246 valence electrons. The van der Waals surface area contributed by atoms with Crippen molar-refractivity contribution in [3.63, 3.8) is 0 Å². The molecule has 11 rings (SSSR count). The van der Waals surface area contributed by atoms with Gasteiger partial charge < -0.3 is 4.42 Å². The highest BCUT2D eigenvalue weighted by Crippen LogP contribution is 2.47. The predicted molar refractivity (Wildman–Crippen MR) is 225 cm³/mol. The molecule has 11 aromatic rings. The Labute approximate surface area is 325 Å². The van der Waals surface area contributed by atoms with Crippen molar-refractivity contribution in [1.29, 1.82) is 0 Å². The smallest absolute Gasteiger partial charge is 0.136 e. The predicted octanol–water partition coefficient (Wildman–Crippen LogP) is 14.9. The van der Waals surface area contributed by atoms with E-state index in [1.807, 2.05) is 66.7 Å². The highest BCUT2D eigenvalue weighted by molar-refractivity contribution is 6.24. The van der Waals surface area contributed by atoms with E-state index in [4.69, 9.17) is 16.8 Å². The lowest BCUT2D eigenvalue weighted by Gasteiger charge is -2.19. The number of hydrogen-bond donors (Lipinski definition) is 0. The van der Waals surface area contributed by atoms with Crippen LogP contribution < -0.4 is 0 Å². The van der Waals surface area contributed by atoms with E-state index in [0.29, 0.717) is 16.5 Å². The highest BCUT2D eigenvalue weighted by Gasteiger charge is 2.19. The summed E-state index contributed by atoms with van der Waals surface area (Å²) in [7, 11) is 0. The van der Waals surface area contributed by atoms with E-state index >= 15 is 0 Å². The minimum Gasteiger partial charge on any atom is -0.456 e. The Kier molecular flexibility index (Phi) is 4.36. The van der Waals surface area contributed by atoms with Gasteiger partial charge >= 0.3 is 0 Å². The zero-order chi connectivity index (χ0) is 46.2. The van der Waals surface area contributed by atoms with Gasteiger partial charge in [-0.1, -0.05) is 170 Å². The normalized spacial score (nSPS) is 15.2. The fourth-order valence-electron chi connectivity index (χ4n) is 7.88. The summed E-state index contributed by atoms with van der Waals surface area (Å²) in [5.74, 6) is 0. The molecule has 0 bridgehead atoms. The van der Waals surface area contributed by atoms with E-state index in [1.54, 1.807) is 6.07 Å². The first-order valence-corrected chi connectivity index (χ1v) is 17.2. The lowest BCUT2D eigenvalue weighted by Crippen LogP contribution is -1.92. The molecule has 0 atom stereocenters. The number of benzene rings is 10. The third kappa shape index (κ3) is 4.64. The van der Waals surface area contributed by atoms with E-state index in [0.717, 1.165) is 54.8 Å². The van der Waals surface area contributed by atoms with E-state index in [-0.39, 0.29) is 32.7 Å². The Morgan fingerprint density at radius 2 is 0.811 bits per heavy atom. The maximum absolute atomic E-state index is 9.41. The Balaban J connectivity index is 1.19. The first kappa shape index (κ1) is 19.6. The summed E-state index contributed by atoms with van der Waals surface area (Å²) in [6.07, 6.45) is 0. The molecule has 0 aliphatic rings. The van der Waals surface area contributed by atoms with E-state index in [1.165, 1.54) is 0 Å². The van der Waals surface area contributed by atoms with Crippen molar-refractivity contribution in [2.24, 2.45) is 0 Å². The molecular weight excluding hydrogens is 641 g/mol. The molecule has 0 aliphatic carbocycles. The monoisotopic (exact) mass is 685 g/mol. The molecule has 0 N–H and O–H groups in total. The third-order valence-electron chi connectivity index (χ3n) is 10.2. The quantitative estimate of drug-likeness (QED) is 0.168. The summed E-state index contributed by atoms with van der Waals surface area (Å²) in [6.45, 7) is 0. The molecule has 0 saturated carbocycles. The van der Waals surface area contributed by atoms with Crippen molar-refractivity contribution < 1.29 is 22.2 Å². The molecule has 1 aromatic heterocycles. The van der Waals surface area contributed by atoms with Crippen LogP contribution in [0.15, 0.2) is 198 Å². The number of rotatable bonds is 4. The van der Waals surface area contributed by atoms with Crippen molar-refractivity contribution in [2.75, 3.05) is 0 Å². The van der Waals surface area contributed by atoms with Gasteiger partial charge in [0.1, 0.15) is 11.2 Å². The lowest BCUT2D eigenvalue weighted by atomic mass is 9.84. The van der Waals surface area contributed by atoms with Crippen molar-refractivity contribution in [2.45, 2.75) is 0 Å². The van der Waals surface area contributed by atoms with Crippen LogP contribution in [0.3, 0.4) is 0 Å². The first-order chi connectivity index (χ1) is 31.7. The van der Waals surface area contributed by atoms with Crippen molar-refractivity contribution in [1.82, 2.24) is 0 Å². The van der Waals surface area contributed by atoms with Gasteiger partial charge in [0, 0.05) is 10.8 Å². The average molecular weight is 686 g/mol. The number of fused-ring (bicyclic) bond motifs is 7. The Morgan fingerprint density at radius 3 is 1.45 bits per heavy atom. The zero-order valence-electron chi connectivity index (χ0n) is 40.9. The molecule has 1 heterocycles. The van der Waals surface area contributed by atoms with Gasteiger partial charge in [0.25, 0.3) is 0 Å². The largest absolute Gasteiger partial charge is 0.456 e. The van der Waals surface area contributed by atoms with Gasteiger partial charge in [0.2, 0.25) is 0 Å². The van der Waals surface area contributed by atoms with Crippen molar-refractivity contribution in [3.8, 4) is 44.5 Å². The van der Waals surface area contributed by atoms with Gasteiger partial charge in [-0.3, -0.25) is 0 Å². The maximum atomic E-state index is 9.41. The first-order valence-electron chi connectivity index (χ1n) is 23.7. The number of hydrogen-bond acceptors (Lipinski definition) is 1. The van der Waals surface area contributed by atoms with Crippen LogP contribution in [-0.4, -0.2) is 0 Å². The fraction of sp³-hybridized carbons (Fsp3) is 0. The second kappa shape index (κ2) is 11.8. The molecule has 0 radical (unpaired) electrons. The van der Waals surface area contributed by atoms with Gasteiger partial charge in [-0.15, -0.1) is 0 Å². The van der Waals surface area contributed by atoms with Gasteiger partial charge in [0.15, 0.2) is 0 Å². The molecule has 0 saturated heterocycles. The van der Waals surface area contributed by atoms with Crippen molar-refractivity contribution in [3.05, 3.63) is 194 Å². The third-order valence-corrected chi connectivity index (χ3v) is 10.2. The van der Waals surface area contributed by atoms with Crippen molar-refractivity contribution >= 4 is 65.0 Å². The van der Waals surface area contributed by atoms with Crippen LogP contribution in [0, 0.1) is 0 Å². The van der Waals surface area contributed by atoms with E-state index < -0.39 is 84.1 Å². The number of furan rings is 1. The van der Waals surface area contributed by atoms with Crippen LogP contribution >= 0.6 is 0 Å². The highest BCUT2D eigenvalue weighted by atomic mass is 16.3. The molecule has 0 spiro atoms. The summed E-state index contributed by atoms with van der Waals surface area (Å²) in [5, 5.41) is 4.72. The van der Waals surface area contributed by atoms with Gasteiger partial charge in [-0.05, 0) is 112 Å². The van der Waals surface area contributed by atoms with E-state index in [2.05, 4.69) is 42.5 Å². The standard InChI is InChI=1S/C52H32O/c1-2-14-34(15-3-1)51-44-20-8-10-22-46(44)52(47-23-11-9-21-45(47)51)48-30-29-39(40-18-6-7-19-41(40)48)36-26-28-43-42-27-25-35(31-49(42)53-50(43)32-36)38-24-12-16-33-13-4-5-17-37(33)38/h1-32H/i1D,2D,3D,8D,9D,10D,11D,14D,15D,20D,21D,22D,23D. The average Bonchev–Trinajstić information content (AvgIpc) is 3.71. The maximum Gasteiger partial charge on any atom is 0.136 e. The summed E-state index contributed by atoms with van der Waals surface area (Å²) in [4.78, 5) is 0. The second-order valence-electron chi connectivity index (χ2n) is 13.0. The molecule has 10 aromatic carbocycles. The Morgan fingerprint density at radius 1 is 0.321 bits per heavy atom. The van der Waals surface area contributed by atoms with Gasteiger partial charge in [-0.25, -0.2) is 0 Å². The molecule has 0 fully saturated rings. The van der Waals surface area contributed by atoms with Crippen LogP contribution in [0.25, 0.3) is 110 Å². The lowest BCUT2D eigenvalue weighted by molar-refractivity contribution is 0.669. The zero-order valence-corrected chi connectivity index (χ0v) is 27.9. The summed E-state index contributed by atoms with van der Waals surface area (Å²) in [6, 6.07) is 29.4. The van der Waals surface area contributed by atoms with Crippen LogP contribution in [0.2, 0.25) is 0 Å². The SMILES string of the molecule is [2H]c1c([2H])c([2H])c(-c2c3c([2H])c([2H])c([2H])c([2H])c3c(-c3ccc(-c4ccc5c(c4)oc4cc(-c6cccc7ccccc67)ccc45)c4ccccc34)c3c([2H])c([2H])c([2H])c([2H])c23)c([2H])c1[2H]. The minimum absolute atomic E-state index is 0.0765. The Bertz CT molecular complexity index is 3870. The topological polar surface area (TPSA) is 13.1 Å². The molecule has 1 heteroatoms. The Hall–Kier alpha value is -6.96. The molecule has 0 amide bonds. The van der Waals surface area contributed by atoms with E-state index in [9.17, 15) is 5.48 Å². The minimum atomic E-state index is -0.717. The van der Waals surface area contributed by atoms with Crippen LogP contribution in [0.5, 0.6) is 0 Å².